The van der Waals surface area contributed by atoms with Gasteiger partial charge in [-0.05, 0) is 0 Å². The smallest absolute Gasteiger partial charge is 0.325 e. The number of carbonyl (C=O) groups excluding carboxylic acids is 2. The first kappa shape index (κ1) is 15.9. The van der Waals surface area contributed by atoms with Crippen LogP contribution in [0.1, 0.15) is 13.8 Å². The zero-order valence-electron chi connectivity index (χ0n) is 12.8. The van der Waals surface area contributed by atoms with E-state index >= 15 is 0 Å². The van der Waals surface area contributed by atoms with Crippen LogP contribution in [0.25, 0.3) is 0 Å². The van der Waals surface area contributed by atoms with Gasteiger partial charge in [-0.25, -0.2) is 4.98 Å². The zero-order valence-corrected chi connectivity index (χ0v) is 12.8. The molecule has 1 saturated heterocycles. The van der Waals surface area contributed by atoms with Gasteiger partial charge in [-0.15, -0.1) is 0 Å². The van der Waals surface area contributed by atoms with Crippen molar-refractivity contribution in [1.82, 2.24) is 4.98 Å². The number of hydrogen-bond acceptors (Lipinski definition) is 8. The first-order valence-corrected chi connectivity index (χ1v) is 6.64. The fourth-order valence-electron chi connectivity index (χ4n) is 1.96. The average molecular weight is 310 g/mol. The molecule has 0 bridgehead atoms. The summed E-state index contributed by atoms with van der Waals surface area (Å²) in [6, 6.07) is 1.65. The van der Waals surface area contributed by atoms with Gasteiger partial charge in [0.1, 0.15) is 0 Å². The number of cyclic esters (lactones) is 2. The number of ether oxygens (including phenoxy) is 4. The predicted molar refractivity (Wildman–Crippen MR) is 75.6 cm³/mol. The molecule has 8 nitrogen and oxygen atoms in total. The highest BCUT2D eigenvalue weighted by molar-refractivity contribution is 5.97. The first-order chi connectivity index (χ1) is 10.4. The predicted octanol–water partition coefficient (Wildman–Crippen LogP) is 0.963. The molecule has 0 atom stereocenters. The quantitative estimate of drug-likeness (QED) is 0.634. The van der Waals surface area contributed by atoms with Crippen LogP contribution >= 0.6 is 0 Å². The second-order valence-corrected chi connectivity index (χ2v) is 5.11. The average Bonchev–Trinajstić information content (AvgIpc) is 2.44. The summed E-state index contributed by atoms with van der Waals surface area (Å²) in [6.45, 7) is 3.04. The summed E-state index contributed by atoms with van der Waals surface area (Å²) in [7, 11) is 2.97. The number of nitrogens with zero attached hydrogens (tertiary/aromatic N) is 1. The van der Waals surface area contributed by atoms with E-state index in [0.717, 1.165) is 0 Å². The van der Waals surface area contributed by atoms with E-state index in [-0.39, 0.29) is 6.54 Å². The minimum atomic E-state index is -1.23. The van der Waals surface area contributed by atoms with E-state index in [1.807, 2.05) is 0 Å². The summed E-state index contributed by atoms with van der Waals surface area (Å²) in [5.41, 5.74) is 0.572. The Labute approximate surface area is 127 Å². The van der Waals surface area contributed by atoms with E-state index in [1.54, 1.807) is 6.07 Å². The number of rotatable bonds is 5. The van der Waals surface area contributed by atoms with Gasteiger partial charge in [0.2, 0.25) is 0 Å². The largest absolute Gasteiger partial charge is 0.491 e. The Kier molecular flexibility index (Phi) is 4.39. The number of aromatic nitrogens is 1. The Hall–Kier alpha value is -2.51. The van der Waals surface area contributed by atoms with Crippen LogP contribution in [0.4, 0.5) is 5.69 Å². The van der Waals surface area contributed by atoms with E-state index in [1.165, 1.54) is 34.3 Å². The van der Waals surface area contributed by atoms with Crippen molar-refractivity contribution in [2.45, 2.75) is 19.6 Å². The lowest BCUT2D eigenvalue weighted by Crippen LogP contribution is -2.48. The Morgan fingerprint density at radius 1 is 1.23 bits per heavy atom. The van der Waals surface area contributed by atoms with Crippen LogP contribution < -0.4 is 14.8 Å². The molecule has 0 unspecified atom stereocenters. The second-order valence-electron chi connectivity index (χ2n) is 5.11. The van der Waals surface area contributed by atoms with Gasteiger partial charge in [-0.2, -0.15) is 0 Å². The van der Waals surface area contributed by atoms with Crippen LogP contribution in [0.15, 0.2) is 12.3 Å². The molecule has 0 radical (unpaired) electrons. The number of methoxy groups -OCH3 is 2. The molecule has 1 N–H and O–H groups in total. The molecule has 22 heavy (non-hydrogen) atoms. The van der Waals surface area contributed by atoms with Gasteiger partial charge in [0.25, 0.3) is 11.7 Å². The molecule has 2 heterocycles. The summed E-state index contributed by atoms with van der Waals surface area (Å²) < 4.78 is 20.2. The molecule has 1 aromatic heterocycles. The molecule has 0 spiro atoms. The van der Waals surface area contributed by atoms with Crippen LogP contribution in [0, 0.1) is 5.92 Å². The molecule has 1 fully saturated rings. The lowest BCUT2D eigenvalue weighted by molar-refractivity contribution is -0.239. The van der Waals surface area contributed by atoms with Crippen molar-refractivity contribution >= 4 is 17.6 Å². The van der Waals surface area contributed by atoms with Crippen LogP contribution in [-0.4, -0.2) is 43.5 Å². The molecule has 120 valence electrons. The molecule has 0 aliphatic carbocycles. The highest BCUT2D eigenvalue weighted by atomic mass is 16.7. The van der Waals surface area contributed by atoms with E-state index in [2.05, 4.69) is 10.3 Å². The Morgan fingerprint density at radius 2 is 1.86 bits per heavy atom. The Balaban J connectivity index is 2.04. The second kappa shape index (κ2) is 6.08. The van der Waals surface area contributed by atoms with Crippen molar-refractivity contribution < 1.29 is 28.5 Å². The Bertz CT molecular complexity index is 567. The first-order valence-electron chi connectivity index (χ1n) is 6.64. The molecule has 1 aliphatic heterocycles. The highest BCUT2D eigenvalue weighted by Crippen LogP contribution is 2.28. The maximum Gasteiger partial charge on any atom is 0.325 e. The number of carbonyl (C=O) groups is 2. The Morgan fingerprint density at radius 3 is 2.41 bits per heavy atom. The molecule has 0 saturated carbocycles. The van der Waals surface area contributed by atoms with E-state index in [4.69, 9.17) is 18.9 Å². The maximum atomic E-state index is 11.8. The van der Waals surface area contributed by atoms with Crippen LogP contribution in [0.5, 0.6) is 11.6 Å². The summed E-state index contributed by atoms with van der Waals surface area (Å²) in [5.74, 6) is -2.73. The van der Waals surface area contributed by atoms with Crippen LogP contribution in [0.2, 0.25) is 0 Å². The number of esters is 2. The van der Waals surface area contributed by atoms with Crippen molar-refractivity contribution in [2.24, 2.45) is 5.92 Å². The summed E-state index contributed by atoms with van der Waals surface area (Å²) >= 11 is 0. The number of nitrogens with one attached hydrogen (secondary N) is 1. The molecular weight excluding hydrogens is 292 g/mol. The summed E-state index contributed by atoms with van der Waals surface area (Å²) in [5, 5.41) is 2.93. The lowest BCUT2D eigenvalue weighted by Gasteiger charge is -2.32. The van der Waals surface area contributed by atoms with Crippen molar-refractivity contribution in [1.29, 1.82) is 0 Å². The third-order valence-corrected chi connectivity index (χ3v) is 3.00. The number of pyridine rings is 1. The minimum absolute atomic E-state index is 0.0326. The summed E-state index contributed by atoms with van der Waals surface area (Å²) in [6.07, 6.45) is 1.50. The van der Waals surface area contributed by atoms with Crippen LogP contribution in [-0.2, 0) is 19.1 Å². The topological polar surface area (TPSA) is 96.0 Å². The third-order valence-electron chi connectivity index (χ3n) is 3.00. The van der Waals surface area contributed by atoms with E-state index in [0.29, 0.717) is 17.3 Å². The van der Waals surface area contributed by atoms with E-state index < -0.39 is 23.6 Å². The van der Waals surface area contributed by atoms with Gasteiger partial charge in [0.05, 0.1) is 26.1 Å². The fraction of sp³-hybridized carbons (Fsp3) is 0.500. The van der Waals surface area contributed by atoms with Crippen molar-refractivity contribution in [3.63, 3.8) is 0 Å². The van der Waals surface area contributed by atoms with Gasteiger partial charge in [-0.1, -0.05) is 0 Å². The zero-order chi connectivity index (χ0) is 16.3. The molecule has 1 aliphatic rings. The monoisotopic (exact) mass is 310 g/mol. The molecule has 1 aromatic rings. The SMILES string of the molecule is COc1cc(NCC2C(=O)OC(C)(C)OC2=O)cnc1OC. The number of hydrogen-bond donors (Lipinski definition) is 1. The van der Waals surface area contributed by atoms with Gasteiger partial charge in [-0.3, -0.25) is 9.59 Å². The summed E-state index contributed by atoms with van der Waals surface area (Å²) in [4.78, 5) is 27.7. The minimum Gasteiger partial charge on any atom is -0.491 e. The maximum absolute atomic E-state index is 11.8. The molecule has 8 heteroatoms. The molecule has 2 rings (SSSR count). The number of anilines is 1. The standard InChI is InChI=1S/C14H18N2O6/c1-14(2)21-12(17)9(13(18)22-14)7-15-8-5-10(19-3)11(20-4)16-6-8/h5-6,9,15H,7H2,1-4H3. The van der Waals surface area contributed by atoms with Gasteiger partial charge >= 0.3 is 11.9 Å². The van der Waals surface area contributed by atoms with Crippen molar-refractivity contribution in [3.8, 4) is 11.6 Å². The highest BCUT2D eigenvalue weighted by Gasteiger charge is 2.43. The molecular formula is C14H18N2O6. The van der Waals surface area contributed by atoms with E-state index in [9.17, 15) is 9.59 Å². The normalized spacial score (nSPS) is 17.5. The fourth-order valence-corrected chi connectivity index (χ4v) is 1.96. The van der Waals surface area contributed by atoms with Gasteiger partial charge < -0.3 is 24.3 Å². The molecule has 0 amide bonds. The van der Waals surface area contributed by atoms with Crippen LogP contribution in [0.3, 0.4) is 0 Å². The van der Waals surface area contributed by atoms with Crippen molar-refractivity contribution in [2.75, 3.05) is 26.1 Å². The van der Waals surface area contributed by atoms with Gasteiger partial charge in [0, 0.05) is 26.5 Å². The molecule has 0 aromatic carbocycles. The lowest BCUT2D eigenvalue weighted by atomic mass is 10.1. The van der Waals surface area contributed by atoms with Gasteiger partial charge in [0.15, 0.2) is 11.7 Å². The third kappa shape index (κ3) is 3.38. The van der Waals surface area contributed by atoms with Crippen molar-refractivity contribution in [3.05, 3.63) is 12.3 Å².